The lowest BCUT2D eigenvalue weighted by Crippen LogP contribution is -2.22. The molecule has 3 rings (SSSR count). The lowest BCUT2D eigenvalue weighted by Gasteiger charge is -2.20. The third-order valence-corrected chi connectivity index (χ3v) is 4.91. The van der Waals surface area contributed by atoms with Gasteiger partial charge in [0, 0.05) is 22.5 Å². The highest BCUT2D eigenvalue weighted by Gasteiger charge is 2.20. The summed E-state index contributed by atoms with van der Waals surface area (Å²) in [5.41, 5.74) is 2.37. The van der Waals surface area contributed by atoms with Gasteiger partial charge in [0.25, 0.3) is 0 Å². The molecular weight excluding hydrogens is 346 g/mol. The largest absolute Gasteiger partial charge is 0.496 e. The first-order chi connectivity index (χ1) is 12.7. The molecule has 4 heteroatoms. The van der Waals surface area contributed by atoms with Crippen molar-refractivity contribution in [2.24, 2.45) is 0 Å². The van der Waals surface area contributed by atoms with Crippen LogP contribution in [0.25, 0.3) is 0 Å². The van der Waals surface area contributed by atoms with Crippen molar-refractivity contribution < 1.29 is 9.15 Å². The van der Waals surface area contributed by atoms with Crippen LogP contribution in [-0.4, -0.2) is 13.7 Å². The summed E-state index contributed by atoms with van der Waals surface area (Å²) >= 11 is 5.97. The van der Waals surface area contributed by atoms with Crippen LogP contribution in [0.3, 0.4) is 0 Å². The quantitative estimate of drug-likeness (QED) is 0.543. The third kappa shape index (κ3) is 4.48. The zero-order valence-electron chi connectivity index (χ0n) is 15.1. The van der Waals surface area contributed by atoms with Crippen molar-refractivity contribution >= 4 is 11.6 Å². The highest BCUT2D eigenvalue weighted by Crippen LogP contribution is 2.34. The van der Waals surface area contributed by atoms with E-state index in [9.17, 15) is 0 Å². The van der Waals surface area contributed by atoms with Crippen LogP contribution < -0.4 is 10.1 Å². The maximum absolute atomic E-state index is 5.97. The van der Waals surface area contributed by atoms with E-state index in [0.717, 1.165) is 35.1 Å². The topological polar surface area (TPSA) is 34.4 Å². The van der Waals surface area contributed by atoms with Gasteiger partial charge < -0.3 is 14.5 Å². The van der Waals surface area contributed by atoms with Crippen LogP contribution in [0, 0.1) is 0 Å². The highest BCUT2D eigenvalue weighted by atomic mass is 35.5. The van der Waals surface area contributed by atoms with Gasteiger partial charge in [0.2, 0.25) is 0 Å². The molecule has 0 saturated heterocycles. The van der Waals surface area contributed by atoms with Gasteiger partial charge in [0.1, 0.15) is 11.5 Å². The maximum atomic E-state index is 5.97. The second-order valence-electron chi connectivity index (χ2n) is 6.33. The first kappa shape index (κ1) is 18.6. The van der Waals surface area contributed by atoms with Crippen LogP contribution in [0.5, 0.6) is 5.75 Å². The van der Waals surface area contributed by atoms with Crippen molar-refractivity contribution in [1.82, 2.24) is 5.32 Å². The number of hydrogen-bond donors (Lipinski definition) is 1. The molecule has 0 aliphatic rings. The van der Waals surface area contributed by atoms with Gasteiger partial charge >= 0.3 is 0 Å². The Morgan fingerprint density at radius 2 is 1.81 bits per heavy atom. The summed E-state index contributed by atoms with van der Waals surface area (Å²) in [6.07, 6.45) is 2.63. The lowest BCUT2D eigenvalue weighted by molar-refractivity contribution is 0.397. The van der Waals surface area contributed by atoms with E-state index < -0.39 is 0 Å². The molecule has 0 amide bonds. The van der Waals surface area contributed by atoms with Gasteiger partial charge in [-0.15, -0.1) is 0 Å². The molecule has 2 aromatic carbocycles. The predicted molar refractivity (Wildman–Crippen MR) is 106 cm³/mol. The molecule has 0 unspecified atom stereocenters. The smallest absolute Gasteiger partial charge is 0.122 e. The summed E-state index contributed by atoms with van der Waals surface area (Å²) in [5, 5.41) is 4.35. The Kier molecular flexibility index (Phi) is 6.37. The van der Waals surface area contributed by atoms with Gasteiger partial charge in [-0.25, -0.2) is 0 Å². The number of para-hydroxylation sites is 1. The van der Waals surface area contributed by atoms with Crippen molar-refractivity contribution in [2.45, 2.75) is 25.3 Å². The molecule has 26 heavy (non-hydrogen) atoms. The van der Waals surface area contributed by atoms with Gasteiger partial charge in [-0.3, -0.25) is 0 Å². The van der Waals surface area contributed by atoms with E-state index in [1.807, 2.05) is 42.5 Å². The summed E-state index contributed by atoms with van der Waals surface area (Å²) in [6.45, 7) is 3.02. The van der Waals surface area contributed by atoms with Crippen LogP contribution in [-0.2, 0) is 0 Å². The Morgan fingerprint density at radius 1 is 1.04 bits per heavy atom. The van der Waals surface area contributed by atoms with E-state index in [-0.39, 0.29) is 12.0 Å². The Balaban J connectivity index is 1.70. The number of nitrogens with one attached hydrogen (secondary N) is 1. The lowest BCUT2D eigenvalue weighted by atomic mass is 9.92. The molecule has 0 aliphatic heterocycles. The normalized spacial score (nSPS) is 13.3. The molecule has 0 radical (unpaired) electrons. The van der Waals surface area contributed by atoms with Crippen molar-refractivity contribution in [2.75, 3.05) is 13.7 Å². The molecule has 0 saturated carbocycles. The van der Waals surface area contributed by atoms with Gasteiger partial charge in [-0.05, 0) is 55.8 Å². The molecule has 2 atom stereocenters. The fourth-order valence-corrected chi connectivity index (χ4v) is 3.33. The number of rotatable bonds is 8. The Morgan fingerprint density at radius 3 is 2.50 bits per heavy atom. The second kappa shape index (κ2) is 8.93. The van der Waals surface area contributed by atoms with Crippen molar-refractivity contribution in [1.29, 1.82) is 0 Å². The van der Waals surface area contributed by atoms with Crippen LogP contribution in [0.4, 0.5) is 0 Å². The van der Waals surface area contributed by atoms with Gasteiger partial charge in [0.05, 0.1) is 13.4 Å². The molecular formula is C22H24ClNO2. The van der Waals surface area contributed by atoms with Crippen molar-refractivity contribution in [3.05, 3.63) is 88.8 Å². The predicted octanol–water partition coefficient (Wildman–Crippen LogP) is 5.81. The molecule has 1 aromatic heterocycles. The Labute approximate surface area is 159 Å². The summed E-state index contributed by atoms with van der Waals surface area (Å²) in [7, 11) is 1.71. The Hall–Kier alpha value is -2.23. The fourth-order valence-electron chi connectivity index (χ4n) is 3.21. The van der Waals surface area contributed by atoms with Crippen LogP contribution in [0.2, 0.25) is 5.02 Å². The number of methoxy groups -OCH3 is 1. The van der Waals surface area contributed by atoms with Crippen LogP contribution in [0.15, 0.2) is 71.3 Å². The van der Waals surface area contributed by atoms with Crippen molar-refractivity contribution in [3.63, 3.8) is 0 Å². The zero-order valence-corrected chi connectivity index (χ0v) is 15.9. The van der Waals surface area contributed by atoms with E-state index in [1.165, 1.54) is 5.56 Å². The number of ether oxygens (including phenoxy) is 1. The summed E-state index contributed by atoms with van der Waals surface area (Å²) < 4.78 is 11.3. The summed E-state index contributed by atoms with van der Waals surface area (Å²) in [5.74, 6) is 1.99. The number of halogens is 1. The van der Waals surface area contributed by atoms with Crippen LogP contribution in [0.1, 0.15) is 42.2 Å². The number of benzene rings is 2. The van der Waals surface area contributed by atoms with E-state index in [0.29, 0.717) is 0 Å². The Bertz CT molecular complexity index is 799. The monoisotopic (exact) mass is 369 g/mol. The number of hydrogen-bond acceptors (Lipinski definition) is 3. The molecule has 0 fully saturated rings. The highest BCUT2D eigenvalue weighted by molar-refractivity contribution is 6.30. The SMILES string of the molecule is COc1ccccc1[C@@H](CCN[C@@H](C)c1ccc(Cl)cc1)c1ccco1. The molecule has 0 aliphatic carbocycles. The number of furan rings is 1. The van der Waals surface area contributed by atoms with Crippen molar-refractivity contribution in [3.8, 4) is 5.75 Å². The van der Waals surface area contributed by atoms with E-state index >= 15 is 0 Å². The van der Waals surface area contributed by atoms with Gasteiger partial charge in [-0.1, -0.05) is 41.9 Å². The average molecular weight is 370 g/mol. The average Bonchev–Trinajstić information content (AvgIpc) is 3.20. The first-order valence-electron chi connectivity index (χ1n) is 8.84. The molecule has 3 nitrogen and oxygen atoms in total. The fraction of sp³-hybridized carbons (Fsp3) is 0.273. The van der Waals surface area contributed by atoms with E-state index in [4.69, 9.17) is 20.8 Å². The minimum atomic E-state index is 0.145. The maximum Gasteiger partial charge on any atom is 0.122 e. The molecule has 0 spiro atoms. The molecule has 136 valence electrons. The van der Waals surface area contributed by atoms with E-state index in [2.05, 4.69) is 30.4 Å². The minimum absolute atomic E-state index is 0.145. The first-order valence-corrected chi connectivity index (χ1v) is 9.22. The molecule has 0 bridgehead atoms. The van der Waals surface area contributed by atoms with Crippen LogP contribution >= 0.6 is 11.6 Å². The molecule has 3 aromatic rings. The zero-order chi connectivity index (χ0) is 18.4. The van der Waals surface area contributed by atoms with Gasteiger partial charge in [0.15, 0.2) is 0 Å². The summed E-state index contributed by atoms with van der Waals surface area (Å²) in [6, 6.07) is 20.3. The second-order valence-corrected chi connectivity index (χ2v) is 6.76. The third-order valence-electron chi connectivity index (χ3n) is 4.65. The van der Waals surface area contributed by atoms with E-state index in [1.54, 1.807) is 13.4 Å². The summed E-state index contributed by atoms with van der Waals surface area (Å²) in [4.78, 5) is 0. The standard InChI is InChI=1S/C22H24ClNO2/c1-16(17-9-11-18(23)12-10-17)24-14-13-20(22-8-5-15-26-22)19-6-3-4-7-21(19)25-2/h3-12,15-16,20,24H,13-14H2,1-2H3/t16-,20+/m0/s1. The molecule has 1 heterocycles. The van der Waals surface area contributed by atoms with Gasteiger partial charge in [-0.2, -0.15) is 0 Å². The minimum Gasteiger partial charge on any atom is -0.496 e. The molecule has 1 N–H and O–H groups in total.